The summed E-state index contributed by atoms with van der Waals surface area (Å²) in [6, 6.07) is 30.8. The van der Waals surface area contributed by atoms with Gasteiger partial charge in [0, 0.05) is 96.6 Å². The SMILES string of the molecule is CCCCN(CCCC)c1ccc(C(=C2C=CC(=[N+](CCCC)CCCC)C(C)=C2)c2ccc(Cl)cc2)cc1C.CCCCN(CCCC)c1ccc(C(=C2C=CC(=[N+](CCCC)CCCC)C(C)=C2)c2cccc(Cl)c2)cc1C.[Cl-].[Cl-]. The van der Waals surface area contributed by atoms with E-state index < -0.39 is 0 Å². The van der Waals surface area contributed by atoms with Gasteiger partial charge in [0.2, 0.25) is 11.4 Å². The van der Waals surface area contributed by atoms with Crippen LogP contribution in [-0.4, -0.2) is 72.9 Å². The standard InChI is InChI=1S/2C37H52ClN2.2ClH/c1-7-11-23-39(24-12-8-2)35-21-17-32(27-29(35)5)37(31-15-19-34(38)20-16-31)33-18-22-36(30(6)28-33)40(25-13-9-3)26-14-10-4;1-7-11-22-39(23-12-8-2)35-20-18-32(26-29(35)5)37(31-16-15-17-34(38)28-31)33-19-21-36(30(6)27-33)40(24-13-9-3)25-14-10-4;;/h15-22,27-28H,7-14,23-26H2,1-6H3;15-21,26-28H,7-14,22-25H2,1-6H3;2*1H/q2*+1;;/p-2. The molecule has 0 saturated heterocycles. The molecule has 6 rings (SSSR count). The van der Waals surface area contributed by atoms with Crippen molar-refractivity contribution in [1.29, 1.82) is 0 Å². The molecule has 0 bridgehead atoms. The molecule has 2 aliphatic carbocycles. The smallest absolute Gasteiger partial charge is 0.202 e. The van der Waals surface area contributed by atoms with Crippen molar-refractivity contribution in [3.05, 3.63) is 187 Å². The Balaban J connectivity index is 0.000000420. The first kappa shape index (κ1) is 71.7. The van der Waals surface area contributed by atoms with Crippen molar-refractivity contribution in [3.8, 4) is 0 Å². The number of allylic oxidation sites excluding steroid dienone is 10. The van der Waals surface area contributed by atoms with Gasteiger partial charge in [-0.15, -0.1) is 0 Å². The molecule has 0 N–H and O–H groups in total. The van der Waals surface area contributed by atoms with E-state index in [1.165, 1.54) is 187 Å². The average Bonchev–Trinajstić information content (AvgIpc) is 3.52. The highest BCUT2D eigenvalue weighted by molar-refractivity contribution is 6.31. The summed E-state index contributed by atoms with van der Waals surface area (Å²) in [6.07, 6.45) is 33.7. The van der Waals surface area contributed by atoms with Crippen molar-refractivity contribution in [3.63, 3.8) is 0 Å². The second-order valence-corrected chi connectivity index (χ2v) is 23.4. The van der Waals surface area contributed by atoms with Gasteiger partial charge in [0.15, 0.2) is 0 Å². The summed E-state index contributed by atoms with van der Waals surface area (Å²) in [5.74, 6) is 0. The molecule has 0 aliphatic heterocycles. The summed E-state index contributed by atoms with van der Waals surface area (Å²) < 4.78 is 5.18. The fraction of sp³-hybridized carbons (Fsp3) is 0.486. The first-order valence-corrected chi connectivity index (χ1v) is 32.3. The van der Waals surface area contributed by atoms with Crippen molar-refractivity contribution in [2.24, 2.45) is 0 Å². The van der Waals surface area contributed by atoms with Gasteiger partial charge in [0.1, 0.15) is 26.2 Å². The maximum absolute atomic E-state index is 6.53. The number of nitrogens with zero attached hydrogens (tertiary/aromatic N) is 4. The predicted octanol–water partition coefficient (Wildman–Crippen LogP) is 14.9. The van der Waals surface area contributed by atoms with Gasteiger partial charge in [-0.05, 0) is 182 Å². The molecular formula is C74H104Cl4N4. The van der Waals surface area contributed by atoms with Crippen LogP contribution in [-0.2, 0) is 0 Å². The lowest BCUT2D eigenvalue weighted by atomic mass is 9.88. The predicted molar refractivity (Wildman–Crippen MR) is 357 cm³/mol. The van der Waals surface area contributed by atoms with Gasteiger partial charge in [0.05, 0.1) is 0 Å². The highest BCUT2D eigenvalue weighted by atomic mass is 35.5. The van der Waals surface area contributed by atoms with Crippen LogP contribution in [0.3, 0.4) is 0 Å². The lowest BCUT2D eigenvalue weighted by molar-refractivity contribution is -0.528. The van der Waals surface area contributed by atoms with Crippen LogP contribution in [0, 0.1) is 13.8 Å². The number of halogens is 4. The maximum atomic E-state index is 6.53. The molecule has 8 heteroatoms. The number of unbranched alkanes of at least 4 members (excludes halogenated alkanes) is 8. The van der Waals surface area contributed by atoms with Crippen molar-refractivity contribution in [2.45, 2.75) is 186 Å². The average molecular weight is 1190 g/mol. The Kier molecular flexibility index (Phi) is 34.2. The van der Waals surface area contributed by atoms with E-state index in [-0.39, 0.29) is 24.8 Å². The first-order valence-electron chi connectivity index (χ1n) is 31.6. The van der Waals surface area contributed by atoms with E-state index in [0.717, 1.165) is 68.0 Å². The molecule has 0 atom stereocenters. The van der Waals surface area contributed by atoms with Crippen molar-refractivity contribution in [1.82, 2.24) is 0 Å². The molecular weight excluding hydrogens is 1090 g/mol. The largest absolute Gasteiger partial charge is 1.00 e. The van der Waals surface area contributed by atoms with Gasteiger partial charge in [-0.1, -0.05) is 166 Å². The van der Waals surface area contributed by atoms with Crippen molar-refractivity contribution < 1.29 is 34.0 Å². The quantitative estimate of drug-likeness (QED) is 0.0483. The van der Waals surface area contributed by atoms with Crippen LogP contribution in [0.4, 0.5) is 11.4 Å². The molecule has 0 fully saturated rings. The van der Waals surface area contributed by atoms with Crippen LogP contribution in [0.5, 0.6) is 0 Å². The summed E-state index contributed by atoms with van der Waals surface area (Å²) in [5, 5.41) is 1.54. The Morgan fingerprint density at radius 1 is 0.378 bits per heavy atom. The van der Waals surface area contributed by atoms with E-state index in [1.54, 1.807) is 0 Å². The maximum Gasteiger partial charge on any atom is 0.202 e. The number of benzene rings is 4. The number of hydrogen-bond donors (Lipinski definition) is 0. The highest BCUT2D eigenvalue weighted by Crippen LogP contribution is 2.37. The lowest BCUT2D eigenvalue weighted by Crippen LogP contribution is -3.00. The van der Waals surface area contributed by atoms with E-state index in [9.17, 15) is 0 Å². The molecule has 0 amide bonds. The molecule has 2 aliphatic rings. The van der Waals surface area contributed by atoms with Crippen molar-refractivity contribution in [2.75, 3.05) is 62.2 Å². The van der Waals surface area contributed by atoms with E-state index in [2.05, 4.69) is 205 Å². The van der Waals surface area contributed by atoms with E-state index in [0.29, 0.717) is 0 Å². The summed E-state index contributed by atoms with van der Waals surface area (Å²) in [4.78, 5) is 5.18. The Hall–Kier alpha value is -4.58. The van der Waals surface area contributed by atoms with Crippen LogP contribution in [0.25, 0.3) is 11.1 Å². The van der Waals surface area contributed by atoms with Crippen LogP contribution in [0.1, 0.15) is 205 Å². The van der Waals surface area contributed by atoms with Gasteiger partial charge in [-0.3, -0.25) is 0 Å². The molecule has 4 aromatic carbocycles. The van der Waals surface area contributed by atoms with Gasteiger partial charge in [-0.2, -0.15) is 0 Å². The van der Waals surface area contributed by atoms with E-state index in [1.807, 2.05) is 18.2 Å². The van der Waals surface area contributed by atoms with E-state index in [4.69, 9.17) is 23.2 Å². The van der Waals surface area contributed by atoms with Crippen LogP contribution in [0.2, 0.25) is 10.0 Å². The number of rotatable bonds is 30. The Labute approximate surface area is 522 Å². The fourth-order valence-corrected chi connectivity index (χ4v) is 11.4. The summed E-state index contributed by atoms with van der Waals surface area (Å²) in [6.45, 7) is 36.3. The fourth-order valence-electron chi connectivity index (χ4n) is 11.1. The third-order valence-electron chi connectivity index (χ3n) is 15.8. The Morgan fingerprint density at radius 3 is 1.05 bits per heavy atom. The third-order valence-corrected chi connectivity index (χ3v) is 16.3. The molecule has 0 unspecified atom stereocenters. The van der Waals surface area contributed by atoms with Gasteiger partial charge < -0.3 is 34.6 Å². The number of hydrogen-bond acceptors (Lipinski definition) is 2. The molecule has 0 aromatic heterocycles. The summed E-state index contributed by atoms with van der Waals surface area (Å²) in [5.41, 5.74) is 20.7. The minimum atomic E-state index is 0. The first-order chi connectivity index (χ1) is 38.9. The number of anilines is 2. The Morgan fingerprint density at radius 2 is 0.720 bits per heavy atom. The molecule has 4 aromatic rings. The minimum Gasteiger partial charge on any atom is -1.00 e. The van der Waals surface area contributed by atoms with Crippen LogP contribution in [0.15, 0.2) is 144 Å². The second-order valence-electron chi connectivity index (χ2n) is 22.5. The van der Waals surface area contributed by atoms with Gasteiger partial charge >= 0.3 is 0 Å². The second kappa shape index (κ2) is 39.1. The van der Waals surface area contributed by atoms with Gasteiger partial charge in [0.25, 0.3) is 0 Å². The normalized spacial score (nSPS) is 14.0. The number of aryl methyl sites for hydroxylation is 2. The summed E-state index contributed by atoms with van der Waals surface area (Å²) >= 11 is 12.8. The third kappa shape index (κ3) is 21.5. The molecule has 0 saturated carbocycles. The van der Waals surface area contributed by atoms with E-state index >= 15 is 0 Å². The molecule has 4 nitrogen and oxygen atoms in total. The Bertz CT molecular complexity index is 2800. The van der Waals surface area contributed by atoms with Crippen molar-refractivity contribution >= 4 is 57.1 Å². The molecule has 82 heavy (non-hydrogen) atoms. The highest BCUT2D eigenvalue weighted by Gasteiger charge is 2.23. The topological polar surface area (TPSA) is 12.5 Å². The van der Waals surface area contributed by atoms with Crippen LogP contribution < -0.4 is 34.6 Å². The molecule has 0 radical (unpaired) electrons. The van der Waals surface area contributed by atoms with Gasteiger partial charge in [-0.25, -0.2) is 9.15 Å². The minimum absolute atomic E-state index is 0. The van der Waals surface area contributed by atoms with Crippen LogP contribution >= 0.6 is 23.2 Å². The summed E-state index contributed by atoms with van der Waals surface area (Å²) in [7, 11) is 0. The lowest BCUT2D eigenvalue weighted by Gasteiger charge is -2.27. The zero-order valence-corrected chi connectivity index (χ0v) is 55.8. The zero-order valence-electron chi connectivity index (χ0n) is 52.8. The molecule has 0 heterocycles. The molecule has 448 valence electrons. The monoisotopic (exact) mass is 1190 g/mol. The zero-order chi connectivity index (χ0) is 57.8. The molecule has 0 spiro atoms.